The number of halogens is 1. The predicted octanol–water partition coefficient (Wildman–Crippen LogP) is 8.21. The van der Waals surface area contributed by atoms with Crippen molar-refractivity contribution < 1.29 is 4.74 Å². The zero-order chi connectivity index (χ0) is 29.2. The maximum atomic E-state index is 13.0. The van der Waals surface area contributed by atoms with Gasteiger partial charge in [-0.2, -0.15) is 5.10 Å². The van der Waals surface area contributed by atoms with Crippen LogP contribution < -0.4 is 10.9 Å². The summed E-state index contributed by atoms with van der Waals surface area (Å²) in [5.41, 5.74) is 5.27. The van der Waals surface area contributed by atoms with Gasteiger partial charge in [0.1, 0.15) is 5.02 Å². The van der Waals surface area contributed by atoms with Gasteiger partial charge in [0, 0.05) is 31.1 Å². The van der Waals surface area contributed by atoms with Crippen LogP contribution in [0.25, 0.3) is 18.2 Å². The molecule has 218 valence electrons. The van der Waals surface area contributed by atoms with Gasteiger partial charge in [0.2, 0.25) is 0 Å². The van der Waals surface area contributed by atoms with E-state index in [-0.39, 0.29) is 16.6 Å². The SMILES string of the molecule is C=Cc1ccccc1C.C=Cc1ccn(C2CCC(n3ncc(NCC4CCCOC4)c(Cl)c3=O)CC2)c1/C=C\C. The van der Waals surface area contributed by atoms with Gasteiger partial charge in [-0.15, -0.1) is 0 Å². The Morgan fingerprint density at radius 3 is 2.44 bits per heavy atom. The van der Waals surface area contributed by atoms with Crippen LogP contribution in [0.5, 0.6) is 0 Å². The number of allylic oxidation sites excluding steroid dienone is 1. The maximum absolute atomic E-state index is 13.0. The molecule has 1 aliphatic carbocycles. The Morgan fingerprint density at radius 1 is 1.07 bits per heavy atom. The molecule has 1 unspecified atom stereocenters. The summed E-state index contributed by atoms with van der Waals surface area (Å²) in [4.78, 5) is 13.0. The molecule has 5 rings (SSSR count). The third-order valence-corrected chi connectivity index (χ3v) is 8.49. The Kier molecular flexibility index (Phi) is 11.2. The standard InChI is InChI=1S/C25H33ClN4O2.C9H10/c1-3-6-23-19(4-2)12-13-29(23)20-8-10-21(11-9-20)30-25(31)24(26)22(16-28-30)27-15-18-7-5-14-32-17-18;1-3-9-7-5-4-6-8(9)2/h3-4,6,12-13,16,18,20-21,27H,2,5,7-11,14-15,17H2,1H3;3-7H,1H2,2H3/b6-3-;. The Hall–Kier alpha value is -3.35. The fourth-order valence-corrected chi connectivity index (χ4v) is 5.96. The van der Waals surface area contributed by atoms with Gasteiger partial charge in [0.15, 0.2) is 0 Å². The molecule has 0 spiro atoms. The number of ether oxygens (including phenoxy) is 1. The highest BCUT2D eigenvalue weighted by Gasteiger charge is 2.27. The van der Waals surface area contributed by atoms with E-state index in [1.165, 1.54) is 16.8 Å². The van der Waals surface area contributed by atoms with Crippen molar-refractivity contribution in [3.05, 3.63) is 99.7 Å². The van der Waals surface area contributed by atoms with E-state index in [0.29, 0.717) is 17.6 Å². The predicted molar refractivity (Wildman–Crippen MR) is 173 cm³/mol. The zero-order valence-electron chi connectivity index (χ0n) is 24.4. The quantitative estimate of drug-likeness (QED) is 0.294. The summed E-state index contributed by atoms with van der Waals surface area (Å²) >= 11 is 6.45. The van der Waals surface area contributed by atoms with Gasteiger partial charge in [0.25, 0.3) is 5.56 Å². The molecular weight excluding hydrogens is 532 g/mol. The van der Waals surface area contributed by atoms with Crippen LogP contribution >= 0.6 is 11.6 Å². The number of aryl methyl sites for hydroxylation is 1. The van der Waals surface area contributed by atoms with E-state index in [4.69, 9.17) is 16.3 Å². The third-order valence-electron chi connectivity index (χ3n) is 8.13. The largest absolute Gasteiger partial charge is 0.382 e. The lowest BCUT2D eigenvalue weighted by atomic mass is 9.91. The molecule has 2 fully saturated rings. The third kappa shape index (κ3) is 7.69. The summed E-state index contributed by atoms with van der Waals surface area (Å²) in [6, 6.07) is 10.8. The van der Waals surface area contributed by atoms with Crippen molar-refractivity contribution in [2.24, 2.45) is 5.92 Å². The van der Waals surface area contributed by atoms with Gasteiger partial charge in [0.05, 0.1) is 24.5 Å². The Balaban J connectivity index is 0.000000367. The Labute approximate surface area is 249 Å². The number of anilines is 1. The van der Waals surface area contributed by atoms with E-state index in [2.05, 4.69) is 71.6 Å². The fourth-order valence-electron chi connectivity index (χ4n) is 5.75. The second-order valence-corrected chi connectivity index (χ2v) is 11.3. The van der Waals surface area contributed by atoms with Crippen LogP contribution in [-0.2, 0) is 4.74 Å². The first-order chi connectivity index (χ1) is 20.0. The van der Waals surface area contributed by atoms with Crippen LogP contribution in [0.15, 0.2) is 66.8 Å². The summed E-state index contributed by atoms with van der Waals surface area (Å²) in [5, 5.41) is 8.02. The number of aromatic nitrogens is 3. The molecule has 0 amide bonds. The average Bonchev–Trinajstić information content (AvgIpc) is 3.42. The molecule has 1 saturated heterocycles. The van der Waals surface area contributed by atoms with Crippen molar-refractivity contribution in [3.63, 3.8) is 0 Å². The highest BCUT2D eigenvalue weighted by atomic mass is 35.5. The number of nitrogens with zero attached hydrogens (tertiary/aromatic N) is 3. The maximum Gasteiger partial charge on any atom is 0.287 e. The Bertz CT molecular complexity index is 1390. The molecule has 1 aromatic carbocycles. The zero-order valence-corrected chi connectivity index (χ0v) is 25.2. The van der Waals surface area contributed by atoms with Gasteiger partial charge >= 0.3 is 0 Å². The Morgan fingerprint density at radius 2 is 1.80 bits per heavy atom. The van der Waals surface area contributed by atoms with E-state index in [0.717, 1.165) is 63.8 Å². The topological polar surface area (TPSA) is 61.1 Å². The molecule has 2 aromatic heterocycles. The summed E-state index contributed by atoms with van der Waals surface area (Å²) < 4.78 is 9.46. The fraction of sp³-hybridized carbons (Fsp3) is 0.412. The van der Waals surface area contributed by atoms with Gasteiger partial charge in [-0.3, -0.25) is 4.79 Å². The van der Waals surface area contributed by atoms with Gasteiger partial charge in [-0.1, -0.05) is 67.3 Å². The van der Waals surface area contributed by atoms with Crippen LogP contribution in [-0.4, -0.2) is 34.1 Å². The number of rotatable bonds is 8. The molecule has 2 aliphatic rings. The van der Waals surface area contributed by atoms with Crippen molar-refractivity contribution in [2.75, 3.05) is 25.1 Å². The average molecular weight is 575 g/mol. The normalized spacial score (nSPS) is 20.7. The van der Waals surface area contributed by atoms with Gasteiger partial charge in [-0.25, -0.2) is 4.68 Å². The first-order valence-corrected chi connectivity index (χ1v) is 15.1. The molecule has 0 bridgehead atoms. The number of benzene rings is 1. The van der Waals surface area contributed by atoms with Crippen LogP contribution in [0, 0.1) is 12.8 Å². The molecule has 1 atom stereocenters. The molecule has 3 heterocycles. The highest BCUT2D eigenvalue weighted by Crippen LogP contribution is 2.36. The number of nitrogens with one attached hydrogen (secondary N) is 1. The minimum atomic E-state index is -0.204. The van der Waals surface area contributed by atoms with Crippen LogP contribution in [0.3, 0.4) is 0 Å². The minimum Gasteiger partial charge on any atom is -0.382 e. The van der Waals surface area contributed by atoms with Crippen molar-refractivity contribution in [1.82, 2.24) is 14.3 Å². The molecule has 41 heavy (non-hydrogen) atoms. The van der Waals surface area contributed by atoms with Crippen LogP contribution in [0.4, 0.5) is 5.69 Å². The summed E-state index contributed by atoms with van der Waals surface area (Å²) in [5.74, 6) is 0.445. The minimum absolute atomic E-state index is 0.0802. The summed E-state index contributed by atoms with van der Waals surface area (Å²) in [6.07, 6.45) is 17.8. The van der Waals surface area contributed by atoms with E-state index in [1.807, 2.05) is 31.2 Å². The molecule has 7 heteroatoms. The first-order valence-electron chi connectivity index (χ1n) is 14.7. The van der Waals surface area contributed by atoms with Crippen molar-refractivity contribution in [1.29, 1.82) is 0 Å². The van der Waals surface area contributed by atoms with E-state index >= 15 is 0 Å². The molecule has 1 aliphatic heterocycles. The van der Waals surface area contributed by atoms with E-state index in [1.54, 1.807) is 10.9 Å². The monoisotopic (exact) mass is 574 g/mol. The van der Waals surface area contributed by atoms with E-state index in [9.17, 15) is 4.79 Å². The number of hydrogen-bond donors (Lipinski definition) is 1. The molecule has 6 nitrogen and oxygen atoms in total. The van der Waals surface area contributed by atoms with Crippen molar-refractivity contribution in [2.45, 2.75) is 64.5 Å². The highest BCUT2D eigenvalue weighted by molar-refractivity contribution is 6.32. The lowest BCUT2D eigenvalue weighted by Gasteiger charge is -2.31. The second kappa shape index (κ2) is 15.0. The first kappa shape index (κ1) is 30.6. The number of hydrogen-bond acceptors (Lipinski definition) is 4. The molecule has 1 saturated carbocycles. The van der Waals surface area contributed by atoms with Crippen molar-refractivity contribution >= 4 is 35.5 Å². The summed E-state index contributed by atoms with van der Waals surface area (Å²) in [6.45, 7) is 14.1. The summed E-state index contributed by atoms with van der Waals surface area (Å²) in [7, 11) is 0. The molecule has 3 aromatic rings. The molecule has 0 radical (unpaired) electrons. The lowest BCUT2D eigenvalue weighted by molar-refractivity contribution is 0.0595. The second-order valence-electron chi connectivity index (χ2n) is 10.9. The molecular formula is C34H43ClN4O2. The smallest absolute Gasteiger partial charge is 0.287 e. The van der Waals surface area contributed by atoms with Crippen molar-refractivity contribution in [3.8, 4) is 0 Å². The van der Waals surface area contributed by atoms with E-state index < -0.39 is 0 Å². The molecule has 1 N–H and O–H groups in total. The van der Waals surface area contributed by atoms with Crippen LogP contribution in [0.2, 0.25) is 5.02 Å². The van der Waals surface area contributed by atoms with Gasteiger partial charge < -0.3 is 14.6 Å². The van der Waals surface area contributed by atoms with Crippen LogP contribution in [0.1, 0.15) is 79.9 Å². The lowest BCUT2D eigenvalue weighted by Crippen LogP contribution is -2.32. The van der Waals surface area contributed by atoms with Gasteiger partial charge in [-0.05, 0) is 87.1 Å².